The number of aromatic hydroxyl groups is 1. The van der Waals surface area contributed by atoms with E-state index >= 15 is 0 Å². The number of phenols is 1. The molecule has 2 nitrogen and oxygen atoms in total. The maximum absolute atomic E-state index is 13.2. The van der Waals surface area contributed by atoms with Crippen LogP contribution in [-0.4, -0.2) is 11.7 Å². The van der Waals surface area contributed by atoms with Gasteiger partial charge in [0.2, 0.25) is 0 Å². The lowest BCUT2D eigenvalue weighted by molar-refractivity contribution is 0.422. The van der Waals surface area contributed by atoms with Gasteiger partial charge in [-0.25, -0.2) is 4.39 Å². The van der Waals surface area contributed by atoms with Crippen LogP contribution in [0.5, 0.6) is 5.75 Å². The highest BCUT2D eigenvalue weighted by molar-refractivity contribution is 5.37. The third kappa shape index (κ3) is 2.45. The van der Waals surface area contributed by atoms with Gasteiger partial charge in [0, 0.05) is 0 Å². The lowest BCUT2D eigenvalue weighted by atomic mass is 10.0. The minimum Gasteiger partial charge on any atom is -0.505 e. The molecule has 0 aromatic heterocycles. The number of aryl methyl sites for hydroxylation is 2. The summed E-state index contributed by atoms with van der Waals surface area (Å²) in [5, 5.41) is 9.47. The number of unbranched alkanes of at least 4 members (excludes halogenated alkanes) is 1. The van der Waals surface area contributed by atoms with Gasteiger partial charge in [-0.3, -0.25) is 0 Å². The van der Waals surface area contributed by atoms with Crippen LogP contribution in [-0.2, 0) is 6.42 Å². The number of nitrogens with two attached hydrogens (primary N) is 1. The summed E-state index contributed by atoms with van der Waals surface area (Å²) in [7, 11) is 0. The molecule has 0 heterocycles. The Morgan fingerprint density at radius 3 is 2.71 bits per heavy atom. The summed E-state index contributed by atoms with van der Waals surface area (Å²) >= 11 is 0. The molecule has 0 amide bonds. The van der Waals surface area contributed by atoms with Crippen LogP contribution >= 0.6 is 0 Å². The first-order chi connectivity index (χ1) is 6.66. The minimum atomic E-state index is -0.504. The van der Waals surface area contributed by atoms with E-state index in [0.717, 1.165) is 12.8 Å². The lowest BCUT2D eigenvalue weighted by Crippen LogP contribution is -1.99. The molecule has 14 heavy (non-hydrogen) atoms. The zero-order chi connectivity index (χ0) is 10.6. The van der Waals surface area contributed by atoms with Gasteiger partial charge in [0.25, 0.3) is 0 Å². The highest BCUT2D eigenvalue weighted by atomic mass is 19.1. The monoisotopic (exact) mass is 197 g/mol. The Labute approximate surface area is 83.6 Å². The first-order valence-corrected chi connectivity index (χ1v) is 4.84. The normalized spacial score (nSPS) is 10.5. The minimum absolute atomic E-state index is 0.206. The fourth-order valence-corrected chi connectivity index (χ4v) is 1.37. The maximum atomic E-state index is 13.2. The van der Waals surface area contributed by atoms with Crippen LogP contribution in [0, 0.1) is 12.7 Å². The Hall–Kier alpha value is -1.09. The van der Waals surface area contributed by atoms with Crippen LogP contribution in [0.25, 0.3) is 0 Å². The van der Waals surface area contributed by atoms with E-state index in [4.69, 9.17) is 5.73 Å². The van der Waals surface area contributed by atoms with Gasteiger partial charge in [0.05, 0.1) is 0 Å². The second-order valence-electron chi connectivity index (χ2n) is 3.45. The molecule has 1 rings (SSSR count). The van der Waals surface area contributed by atoms with Crippen molar-refractivity contribution in [3.63, 3.8) is 0 Å². The van der Waals surface area contributed by atoms with E-state index < -0.39 is 5.82 Å². The fraction of sp³-hybridized carbons (Fsp3) is 0.455. The topological polar surface area (TPSA) is 46.2 Å². The highest BCUT2D eigenvalue weighted by Gasteiger charge is 2.08. The van der Waals surface area contributed by atoms with Crippen molar-refractivity contribution in [2.45, 2.75) is 26.2 Å². The summed E-state index contributed by atoms with van der Waals surface area (Å²) in [6, 6.07) is 3.46. The quantitative estimate of drug-likeness (QED) is 0.726. The molecule has 0 aliphatic carbocycles. The predicted octanol–water partition coefficient (Wildman–Crippen LogP) is 2.12. The van der Waals surface area contributed by atoms with Gasteiger partial charge in [-0.15, -0.1) is 0 Å². The van der Waals surface area contributed by atoms with Crippen LogP contribution in [0.4, 0.5) is 4.39 Å². The zero-order valence-corrected chi connectivity index (χ0v) is 8.39. The van der Waals surface area contributed by atoms with Gasteiger partial charge < -0.3 is 10.8 Å². The number of halogens is 1. The largest absolute Gasteiger partial charge is 0.505 e. The number of hydrogen-bond acceptors (Lipinski definition) is 2. The standard InChI is InChI=1S/C11H16FNO/c1-8-5-6-9(4-2-3-7-13)11(14)10(8)12/h5-6,14H,2-4,7,13H2,1H3. The zero-order valence-electron chi connectivity index (χ0n) is 8.39. The smallest absolute Gasteiger partial charge is 0.167 e. The van der Waals surface area contributed by atoms with E-state index in [1.807, 2.05) is 0 Å². The molecule has 0 unspecified atom stereocenters. The van der Waals surface area contributed by atoms with Crippen molar-refractivity contribution >= 4 is 0 Å². The third-order valence-corrected chi connectivity index (χ3v) is 2.29. The van der Waals surface area contributed by atoms with Crippen molar-refractivity contribution in [1.29, 1.82) is 0 Å². The van der Waals surface area contributed by atoms with Gasteiger partial charge in [-0.1, -0.05) is 12.1 Å². The Bertz CT molecular complexity index is 312. The summed E-state index contributed by atoms with van der Waals surface area (Å²) in [5.74, 6) is -0.711. The number of hydrogen-bond donors (Lipinski definition) is 2. The van der Waals surface area contributed by atoms with E-state index in [0.29, 0.717) is 24.1 Å². The van der Waals surface area contributed by atoms with Crippen LogP contribution in [0.2, 0.25) is 0 Å². The van der Waals surface area contributed by atoms with Crippen LogP contribution in [0.1, 0.15) is 24.0 Å². The van der Waals surface area contributed by atoms with Gasteiger partial charge in [0.1, 0.15) is 0 Å². The summed E-state index contributed by atoms with van der Waals surface area (Å²) in [5.41, 5.74) is 6.49. The first kappa shape index (κ1) is 11.0. The SMILES string of the molecule is Cc1ccc(CCCCN)c(O)c1F. The lowest BCUT2D eigenvalue weighted by Gasteiger charge is -2.06. The van der Waals surface area contributed by atoms with Crippen molar-refractivity contribution < 1.29 is 9.50 Å². The molecular weight excluding hydrogens is 181 g/mol. The second-order valence-corrected chi connectivity index (χ2v) is 3.45. The summed E-state index contributed by atoms with van der Waals surface area (Å²) in [4.78, 5) is 0. The average molecular weight is 197 g/mol. The van der Waals surface area contributed by atoms with Crippen LogP contribution in [0.3, 0.4) is 0 Å². The van der Waals surface area contributed by atoms with Gasteiger partial charge in [0.15, 0.2) is 11.6 Å². The van der Waals surface area contributed by atoms with Crippen molar-refractivity contribution in [2.75, 3.05) is 6.54 Å². The predicted molar refractivity (Wildman–Crippen MR) is 54.8 cm³/mol. The molecular formula is C11H16FNO. The molecule has 3 N–H and O–H groups in total. The Kier molecular flexibility index (Phi) is 3.89. The molecule has 1 aromatic carbocycles. The molecule has 0 fully saturated rings. The van der Waals surface area contributed by atoms with Crippen LogP contribution in [0.15, 0.2) is 12.1 Å². The number of phenolic OH excluding ortho intramolecular Hbond substituents is 1. The van der Waals surface area contributed by atoms with Crippen molar-refractivity contribution in [3.05, 3.63) is 29.1 Å². The molecule has 0 saturated carbocycles. The second kappa shape index (κ2) is 4.96. The Balaban J connectivity index is 2.73. The molecule has 0 aliphatic heterocycles. The molecule has 0 atom stereocenters. The maximum Gasteiger partial charge on any atom is 0.167 e. The van der Waals surface area contributed by atoms with E-state index in [1.165, 1.54) is 0 Å². The molecule has 0 spiro atoms. The third-order valence-electron chi connectivity index (χ3n) is 2.29. The van der Waals surface area contributed by atoms with Crippen molar-refractivity contribution in [2.24, 2.45) is 5.73 Å². The molecule has 78 valence electrons. The van der Waals surface area contributed by atoms with Gasteiger partial charge >= 0.3 is 0 Å². The van der Waals surface area contributed by atoms with Crippen LogP contribution < -0.4 is 5.73 Å². The van der Waals surface area contributed by atoms with E-state index in [2.05, 4.69) is 0 Å². The fourth-order valence-electron chi connectivity index (χ4n) is 1.37. The van der Waals surface area contributed by atoms with E-state index in [-0.39, 0.29) is 5.75 Å². The molecule has 0 radical (unpaired) electrons. The molecule has 1 aromatic rings. The molecule has 0 aliphatic rings. The average Bonchev–Trinajstić information content (AvgIpc) is 2.18. The van der Waals surface area contributed by atoms with Gasteiger partial charge in [-0.2, -0.15) is 0 Å². The molecule has 3 heteroatoms. The van der Waals surface area contributed by atoms with E-state index in [1.54, 1.807) is 19.1 Å². The van der Waals surface area contributed by atoms with Crippen molar-refractivity contribution in [1.82, 2.24) is 0 Å². The summed E-state index contributed by atoms with van der Waals surface area (Å²) in [6.07, 6.45) is 2.46. The first-order valence-electron chi connectivity index (χ1n) is 4.84. The molecule has 0 saturated heterocycles. The Morgan fingerprint density at radius 1 is 1.36 bits per heavy atom. The summed E-state index contributed by atoms with van der Waals surface area (Å²) < 4.78 is 13.2. The number of benzene rings is 1. The highest BCUT2D eigenvalue weighted by Crippen LogP contribution is 2.25. The van der Waals surface area contributed by atoms with Gasteiger partial charge in [-0.05, 0) is 43.9 Å². The number of rotatable bonds is 4. The van der Waals surface area contributed by atoms with E-state index in [9.17, 15) is 9.50 Å². The van der Waals surface area contributed by atoms with Crippen molar-refractivity contribution in [3.8, 4) is 5.75 Å². The Morgan fingerprint density at radius 2 is 2.07 bits per heavy atom. The summed E-state index contributed by atoms with van der Waals surface area (Å²) in [6.45, 7) is 2.27. The molecule has 0 bridgehead atoms.